The highest BCUT2D eigenvalue weighted by Crippen LogP contribution is 2.25. The van der Waals surface area contributed by atoms with Crippen LogP contribution in [0.5, 0.6) is 0 Å². The predicted octanol–water partition coefficient (Wildman–Crippen LogP) is 1.42. The second-order valence-corrected chi connectivity index (χ2v) is 2.71. The summed E-state index contributed by atoms with van der Waals surface area (Å²) in [6.07, 6.45) is -2.66. The van der Waals surface area contributed by atoms with Gasteiger partial charge in [-0.05, 0) is 13.0 Å². The third-order valence-corrected chi connectivity index (χ3v) is 1.57. The van der Waals surface area contributed by atoms with E-state index in [0.29, 0.717) is 13.0 Å². The summed E-state index contributed by atoms with van der Waals surface area (Å²) in [5.41, 5.74) is 0. The van der Waals surface area contributed by atoms with Crippen LogP contribution < -0.4 is 5.32 Å². The number of rotatable bonds is 6. The Morgan fingerprint density at radius 3 is 2.50 bits per heavy atom. The quantitative estimate of drug-likeness (QED) is 0.516. The number of carbonyl (C=O) groups is 1. The number of halogens is 3. The van der Waals surface area contributed by atoms with Gasteiger partial charge in [0, 0.05) is 6.54 Å². The average Bonchev–Trinajstić information content (AvgIpc) is 2.01. The Labute approximate surface area is 79.6 Å². The molecule has 0 amide bonds. The Morgan fingerprint density at radius 2 is 2.14 bits per heavy atom. The molecule has 82 valence electrons. The number of aliphatic carboxylic acids is 1. The first kappa shape index (κ1) is 13.0. The van der Waals surface area contributed by atoms with Gasteiger partial charge in [-0.2, -0.15) is 13.2 Å². The van der Waals surface area contributed by atoms with Crippen LogP contribution in [-0.4, -0.2) is 30.3 Å². The lowest BCUT2D eigenvalue weighted by molar-refractivity contribution is -0.192. The zero-order chi connectivity index (χ0) is 11.2. The third kappa shape index (κ3) is 4.86. The number of carboxylic acid groups (broad SMARTS) is 1. The Balaban J connectivity index is 3.99. The van der Waals surface area contributed by atoms with Gasteiger partial charge in [0.05, 0.1) is 0 Å². The maximum atomic E-state index is 12.0. The molecule has 0 bridgehead atoms. The maximum Gasteiger partial charge on any atom is 0.403 e. The van der Waals surface area contributed by atoms with Gasteiger partial charge in [-0.25, -0.2) is 0 Å². The van der Waals surface area contributed by atoms with Crippen molar-refractivity contribution in [3.63, 3.8) is 0 Å². The van der Waals surface area contributed by atoms with Gasteiger partial charge in [0.2, 0.25) is 0 Å². The Morgan fingerprint density at radius 1 is 1.57 bits per heavy atom. The molecule has 0 saturated carbocycles. The number of carboxylic acids is 1. The van der Waals surface area contributed by atoms with Crippen LogP contribution >= 0.6 is 0 Å². The zero-order valence-corrected chi connectivity index (χ0v) is 7.47. The van der Waals surface area contributed by atoms with E-state index in [4.69, 9.17) is 5.11 Å². The van der Waals surface area contributed by atoms with Crippen molar-refractivity contribution in [3.8, 4) is 0 Å². The van der Waals surface area contributed by atoms with E-state index in [0.717, 1.165) is 0 Å². The highest BCUT2D eigenvalue weighted by Gasteiger charge is 2.44. The smallest absolute Gasteiger partial charge is 0.403 e. The molecule has 0 radical (unpaired) electrons. The average molecular weight is 211 g/mol. The SMILES string of the molecule is C=CCCNCC(C(=O)O)C(F)(F)F. The lowest BCUT2D eigenvalue weighted by Gasteiger charge is -2.16. The van der Waals surface area contributed by atoms with Crippen LogP contribution in [0.3, 0.4) is 0 Å². The second-order valence-electron chi connectivity index (χ2n) is 2.71. The molecular weight excluding hydrogens is 199 g/mol. The predicted molar refractivity (Wildman–Crippen MR) is 44.9 cm³/mol. The first-order valence-corrected chi connectivity index (χ1v) is 4.00. The molecule has 1 atom stereocenters. The molecule has 0 rings (SSSR count). The first-order valence-electron chi connectivity index (χ1n) is 4.00. The van der Waals surface area contributed by atoms with E-state index < -0.39 is 24.6 Å². The summed E-state index contributed by atoms with van der Waals surface area (Å²) in [6, 6.07) is 0. The second kappa shape index (κ2) is 5.64. The topological polar surface area (TPSA) is 49.3 Å². The number of hydrogen-bond acceptors (Lipinski definition) is 2. The first-order chi connectivity index (χ1) is 6.39. The van der Waals surface area contributed by atoms with Crippen molar-refractivity contribution < 1.29 is 23.1 Å². The summed E-state index contributed by atoms with van der Waals surface area (Å²) in [4.78, 5) is 10.2. The van der Waals surface area contributed by atoms with Gasteiger partial charge in [0.25, 0.3) is 0 Å². The number of nitrogens with one attached hydrogen (secondary N) is 1. The Kier molecular flexibility index (Phi) is 5.22. The highest BCUT2D eigenvalue weighted by atomic mass is 19.4. The van der Waals surface area contributed by atoms with E-state index in [-0.39, 0.29) is 0 Å². The van der Waals surface area contributed by atoms with Crippen molar-refractivity contribution in [2.45, 2.75) is 12.6 Å². The van der Waals surface area contributed by atoms with Crippen molar-refractivity contribution >= 4 is 5.97 Å². The fraction of sp³-hybridized carbons (Fsp3) is 0.625. The fourth-order valence-corrected chi connectivity index (χ4v) is 0.794. The molecule has 0 fully saturated rings. The van der Waals surface area contributed by atoms with Gasteiger partial charge >= 0.3 is 12.1 Å². The van der Waals surface area contributed by atoms with Crippen LogP contribution in [-0.2, 0) is 4.79 Å². The molecule has 14 heavy (non-hydrogen) atoms. The molecule has 0 aromatic heterocycles. The summed E-state index contributed by atoms with van der Waals surface area (Å²) in [6.45, 7) is 3.07. The van der Waals surface area contributed by atoms with Gasteiger partial charge in [0.15, 0.2) is 5.92 Å². The summed E-state index contributed by atoms with van der Waals surface area (Å²) >= 11 is 0. The fourth-order valence-electron chi connectivity index (χ4n) is 0.794. The molecule has 0 aliphatic carbocycles. The molecule has 6 heteroatoms. The molecule has 0 spiro atoms. The van der Waals surface area contributed by atoms with Gasteiger partial charge in [-0.15, -0.1) is 6.58 Å². The number of hydrogen-bond donors (Lipinski definition) is 2. The molecule has 1 unspecified atom stereocenters. The van der Waals surface area contributed by atoms with Crippen LogP contribution in [0.15, 0.2) is 12.7 Å². The molecule has 0 aliphatic rings. The molecular formula is C8H12F3NO2. The molecule has 0 aromatic rings. The van der Waals surface area contributed by atoms with E-state index in [2.05, 4.69) is 11.9 Å². The van der Waals surface area contributed by atoms with Crippen LogP contribution in [0.1, 0.15) is 6.42 Å². The molecule has 2 N–H and O–H groups in total. The van der Waals surface area contributed by atoms with Crippen molar-refractivity contribution in [2.24, 2.45) is 5.92 Å². The van der Waals surface area contributed by atoms with Crippen LogP contribution in [0, 0.1) is 5.92 Å². The summed E-state index contributed by atoms with van der Waals surface area (Å²) in [5, 5.41) is 10.7. The summed E-state index contributed by atoms with van der Waals surface area (Å²) in [7, 11) is 0. The van der Waals surface area contributed by atoms with E-state index in [1.807, 2.05) is 0 Å². The highest BCUT2D eigenvalue weighted by molar-refractivity contribution is 5.71. The third-order valence-electron chi connectivity index (χ3n) is 1.57. The maximum absolute atomic E-state index is 12.0. The molecule has 0 saturated heterocycles. The monoisotopic (exact) mass is 211 g/mol. The lowest BCUT2D eigenvalue weighted by atomic mass is 10.1. The Hall–Kier alpha value is -1.04. The Bertz CT molecular complexity index is 203. The standard InChI is InChI=1S/C8H12F3NO2/c1-2-3-4-12-5-6(7(13)14)8(9,10)11/h2,6,12H,1,3-5H2,(H,13,14). The molecule has 3 nitrogen and oxygen atoms in total. The van der Waals surface area contributed by atoms with Crippen molar-refractivity contribution in [1.82, 2.24) is 5.32 Å². The normalized spacial score (nSPS) is 13.6. The minimum Gasteiger partial charge on any atom is -0.481 e. The van der Waals surface area contributed by atoms with Gasteiger partial charge in [0.1, 0.15) is 0 Å². The van der Waals surface area contributed by atoms with Crippen molar-refractivity contribution in [2.75, 3.05) is 13.1 Å². The molecule has 0 heterocycles. The number of alkyl halides is 3. The minimum atomic E-state index is -4.70. The van der Waals surface area contributed by atoms with E-state index in [1.165, 1.54) is 6.08 Å². The molecule has 0 aromatic carbocycles. The summed E-state index contributed by atoms with van der Waals surface area (Å²) in [5.74, 6) is -4.20. The van der Waals surface area contributed by atoms with Gasteiger partial charge in [-0.1, -0.05) is 6.08 Å². The summed E-state index contributed by atoms with van der Waals surface area (Å²) < 4.78 is 36.1. The van der Waals surface area contributed by atoms with Crippen molar-refractivity contribution in [3.05, 3.63) is 12.7 Å². The van der Waals surface area contributed by atoms with Gasteiger partial charge < -0.3 is 10.4 Å². The van der Waals surface area contributed by atoms with Gasteiger partial charge in [-0.3, -0.25) is 4.79 Å². The minimum absolute atomic E-state index is 0.295. The van der Waals surface area contributed by atoms with Crippen LogP contribution in [0.25, 0.3) is 0 Å². The lowest BCUT2D eigenvalue weighted by Crippen LogP contribution is -2.39. The van der Waals surface area contributed by atoms with Crippen molar-refractivity contribution in [1.29, 1.82) is 0 Å². The molecule has 0 aliphatic heterocycles. The van der Waals surface area contributed by atoms with Crippen LogP contribution in [0.4, 0.5) is 13.2 Å². The van der Waals surface area contributed by atoms with E-state index in [9.17, 15) is 18.0 Å². The van der Waals surface area contributed by atoms with E-state index >= 15 is 0 Å². The zero-order valence-electron chi connectivity index (χ0n) is 7.47. The largest absolute Gasteiger partial charge is 0.481 e. The van der Waals surface area contributed by atoms with E-state index in [1.54, 1.807) is 0 Å². The van der Waals surface area contributed by atoms with Crippen LogP contribution in [0.2, 0.25) is 0 Å².